The number of nitrogens with one attached hydrogen (secondary N) is 1. The zero-order chi connectivity index (χ0) is 15.2. The largest absolute Gasteiger partial charge is 0.496 e. The average Bonchev–Trinajstić information content (AvgIpc) is 3.29. The Bertz CT molecular complexity index is 441. The SMILES string of the molecule is CCCN(Cc1cc(CNC(C)C)ccc1OC)C1CC1. The minimum absolute atomic E-state index is 0.513. The Hall–Kier alpha value is -1.06. The Labute approximate surface area is 129 Å². The molecule has 0 aromatic heterocycles. The maximum absolute atomic E-state index is 5.56. The Morgan fingerprint density at radius 2 is 2.10 bits per heavy atom. The molecule has 21 heavy (non-hydrogen) atoms. The number of methoxy groups -OCH3 is 1. The van der Waals surface area contributed by atoms with Crippen molar-refractivity contribution in [1.82, 2.24) is 10.2 Å². The summed E-state index contributed by atoms with van der Waals surface area (Å²) in [5, 5.41) is 3.49. The molecule has 0 bridgehead atoms. The highest BCUT2D eigenvalue weighted by Crippen LogP contribution is 2.30. The van der Waals surface area contributed by atoms with Gasteiger partial charge in [-0.3, -0.25) is 4.90 Å². The quantitative estimate of drug-likeness (QED) is 0.752. The van der Waals surface area contributed by atoms with Crippen LogP contribution in [0.1, 0.15) is 51.2 Å². The van der Waals surface area contributed by atoms with Crippen LogP contribution in [0, 0.1) is 0 Å². The summed E-state index contributed by atoms with van der Waals surface area (Å²) in [6.45, 7) is 9.74. The van der Waals surface area contributed by atoms with E-state index in [9.17, 15) is 0 Å². The molecule has 0 unspecified atom stereocenters. The molecule has 1 saturated carbocycles. The van der Waals surface area contributed by atoms with Gasteiger partial charge in [-0.2, -0.15) is 0 Å². The van der Waals surface area contributed by atoms with Crippen LogP contribution in [0.2, 0.25) is 0 Å². The number of hydrogen-bond donors (Lipinski definition) is 1. The number of benzene rings is 1. The van der Waals surface area contributed by atoms with Gasteiger partial charge in [0.1, 0.15) is 5.75 Å². The van der Waals surface area contributed by atoms with Crippen molar-refractivity contribution in [1.29, 1.82) is 0 Å². The second-order valence-electron chi connectivity index (χ2n) is 6.38. The van der Waals surface area contributed by atoms with E-state index in [-0.39, 0.29) is 0 Å². The molecule has 1 aromatic carbocycles. The summed E-state index contributed by atoms with van der Waals surface area (Å²) in [7, 11) is 1.77. The number of rotatable bonds is 9. The lowest BCUT2D eigenvalue weighted by Gasteiger charge is -2.23. The molecule has 1 aliphatic carbocycles. The van der Waals surface area contributed by atoms with Gasteiger partial charge < -0.3 is 10.1 Å². The molecule has 3 nitrogen and oxygen atoms in total. The van der Waals surface area contributed by atoms with Gasteiger partial charge in [0, 0.05) is 30.7 Å². The van der Waals surface area contributed by atoms with Crippen LogP contribution in [0.25, 0.3) is 0 Å². The van der Waals surface area contributed by atoms with Gasteiger partial charge in [0.2, 0.25) is 0 Å². The van der Waals surface area contributed by atoms with Crippen LogP contribution in [-0.4, -0.2) is 30.6 Å². The lowest BCUT2D eigenvalue weighted by molar-refractivity contribution is 0.251. The normalized spacial score (nSPS) is 15.0. The zero-order valence-corrected chi connectivity index (χ0v) is 14.0. The van der Waals surface area contributed by atoms with E-state index in [1.54, 1.807) is 7.11 Å². The van der Waals surface area contributed by atoms with Gasteiger partial charge in [0.25, 0.3) is 0 Å². The lowest BCUT2D eigenvalue weighted by atomic mass is 10.1. The highest BCUT2D eigenvalue weighted by atomic mass is 16.5. The predicted molar refractivity (Wildman–Crippen MR) is 88.7 cm³/mol. The van der Waals surface area contributed by atoms with Crippen molar-refractivity contribution in [3.05, 3.63) is 29.3 Å². The van der Waals surface area contributed by atoms with Crippen LogP contribution in [0.3, 0.4) is 0 Å². The number of ether oxygens (including phenoxy) is 1. The Morgan fingerprint density at radius 1 is 1.33 bits per heavy atom. The second kappa shape index (κ2) is 7.81. The molecule has 1 aliphatic rings. The topological polar surface area (TPSA) is 24.5 Å². The summed E-state index contributed by atoms with van der Waals surface area (Å²) in [5.41, 5.74) is 2.66. The number of hydrogen-bond acceptors (Lipinski definition) is 3. The maximum Gasteiger partial charge on any atom is 0.123 e. The smallest absolute Gasteiger partial charge is 0.123 e. The summed E-state index contributed by atoms with van der Waals surface area (Å²) < 4.78 is 5.56. The second-order valence-corrected chi connectivity index (χ2v) is 6.38. The van der Waals surface area contributed by atoms with Crippen LogP contribution >= 0.6 is 0 Å². The third-order valence-electron chi connectivity index (χ3n) is 4.01. The van der Waals surface area contributed by atoms with Crippen molar-refractivity contribution < 1.29 is 4.74 Å². The average molecular weight is 290 g/mol. The molecule has 0 amide bonds. The van der Waals surface area contributed by atoms with Crippen molar-refractivity contribution in [3.63, 3.8) is 0 Å². The zero-order valence-electron chi connectivity index (χ0n) is 14.0. The lowest BCUT2D eigenvalue weighted by Crippen LogP contribution is -2.27. The summed E-state index contributed by atoms with van der Waals surface area (Å²) in [5.74, 6) is 1.02. The number of nitrogens with zero attached hydrogens (tertiary/aromatic N) is 1. The minimum Gasteiger partial charge on any atom is -0.496 e. The highest BCUT2D eigenvalue weighted by molar-refractivity contribution is 5.37. The van der Waals surface area contributed by atoms with E-state index in [0.29, 0.717) is 6.04 Å². The molecule has 0 aliphatic heterocycles. The molecule has 1 fully saturated rings. The van der Waals surface area contributed by atoms with Gasteiger partial charge in [-0.1, -0.05) is 26.8 Å². The van der Waals surface area contributed by atoms with Crippen LogP contribution in [0.5, 0.6) is 5.75 Å². The molecule has 2 rings (SSSR count). The molecule has 0 saturated heterocycles. The third-order valence-corrected chi connectivity index (χ3v) is 4.01. The molecular weight excluding hydrogens is 260 g/mol. The summed E-state index contributed by atoms with van der Waals surface area (Å²) in [6.07, 6.45) is 3.93. The molecule has 1 N–H and O–H groups in total. The monoisotopic (exact) mass is 290 g/mol. The van der Waals surface area contributed by atoms with Crippen molar-refractivity contribution in [2.45, 2.75) is 65.2 Å². The first-order chi connectivity index (χ1) is 10.1. The fourth-order valence-corrected chi connectivity index (χ4v) is 2.72. The van der Waals surface area contributed by atoms with Crippen LogP contribution < -0.4 is 10.1 Å². The van der Waals surface area contributed by atoms with Crippen LogP contribution in [-0.2, 0) is 13.1 Å². The summed E-state index contributed by atoms with van der Waals surface area (Å²) >= 11 is 0. The highest BCUT2D eigenvalue weighted by Gasteiger charge is 2.28. The third kappa shape index (κ3) is 5.01. The van der Waals surface area contributed by atoms with E-state index in [0.717, 1.165) is 24.9 Å². The molecule has 3 heteroatoms. The van der Waals surface area contributed by atoms with Crippen molar-refractivity contribution in [2.75, 3.05) is 13.7 Å². The molecule has 118 valence electrons. The first-order valence-corrected chi connectivity index (χ1v) is 8.27. The fraction of sp³-hybridized carbons (Fsp3) is 0.667. The van der Waals surface area contributed by atoms with Crippen molar-refractivity contribution in [2.24, 2.45) is 0 Å². The van der Waals surface area contributed by atoms with Gasteiger partial charge in [-0.15, -0.1) is 0 Å². The van der Waals surface area contributed by atoms with Gasteiger partial charge >= 0.3 is 0 Å². The summed E-state index contributed by atoms with van der Waals surface area (Å²) in [4.78, 5) is 2.61. The van der Waals surface area contributed by atoms with E-state index >= 15 is 0 Å². The van der Waals surface area contributed by atoms with E-state index in [4.69, 9.17) is 4.74 Å². The Kier molecular flexibility index (Phi) is 6.07. The van der Waals surface area contributed by atoms with Gasteiger partial charge in [-0.05, 0) is 43.5 Å². The Morgan fingerprint density at radius 3 is 2.67 bits per heavy atom. The molecule has 1 aromatic rings. The van der Waals surface area contributed by atoms with Crippen LogP contribution in [0.15, 0.2) is 18.2 Å². The minimum atomic E-state index is 0.513. The van der Waals surface area contributed by atoms with Crippen molar-refractivity contribution >= 4 is 0 Å². The molecule has 0 atom stereocenters. The predicted octanol–water partition coefficient (Wildman–Crippen LogP) is 3.57. The molecule has 0 radical (unpaired) electrons. The van der Waals surface area contributed by atoms with E-state index in [1.807, 2.05) is 0 Å². The molecular formula is C18H30N2O. The fourth-order valence-electron chi connectivity index (χ4n) is 2.72. The van der Waals surface area contributed by atoms with Gasteiger partial charge in [0.15, 0.2) is 0 Å². The van der Waals surface area contributed by atoms with Crippen molar-refractivity contribution in [3.8, 4) is 5.75 Å². The molecule has 0 heterocycles. The maximum atomic E-state index is 5.56. The van der Waals surface area contributed by atoms with E-state index in [2.05, 4.69) is 49.2 Å². The summed E-state index contributed by atoms with van der Waals surface area (Å²) in [6, 6.07) is 7.90. The Balaban J connectivity index is 2.08. The first kappa shape index (κ1) is 16.3. The van der Waals surface area contributed by atoms with E-state index < -0.39 is 0 Å². The van der Waals surface area contributed by atoms with Gasteiger partial charge in [0.05, 0.1) is 7.11 Å². The first-order valence-electron chi connectivity index (χ1n) is 8.27. The van der Waals surface area contributed by atoms with Gasteiger partial charge in [-0.25, -0.2) is 0 Å². The standard InChI is InChI=1S/C18H30N2O/c1-5-10-20(17-7-8-17)13-16-11-15(12-19-14(2)3)6-9-18(16)21-4/h6,9,11,14,17,19H,5,7-8,10,12-13H2,1-4H3. The van der Waals surface area contributed by atoms with E-state index in [1.165, 1.54) is 36.9 Å². The van der Waals surface area contributed by atoms with Crippen LogP contribution in [0.4, 0.5) is 0 Å². The molecule has 0 spiro atoms.